The number of benzene rings is 2. The van der Waals surface area contributed by atoms with Gasteiger partial charge in [-0.05, 0) is 36.8 Å². The summed E-state index contributed by atoms with van der Waals surface area (Å²) in [6.07, 6.45) is 0. The Morgan fingerprint density at radius 3 is 2.50 bits per heavy atom. The van der Waals surface area contributed by atoms with E-state index in [1.54, 1.807) is 37.3 Å². The van der Waals surface area contributed by atoms with Crippen LogP contribution in [0.1, 0.15) is 18.5 Å². The van der Waals surface area contributed by atoms with E-state index >= 15 is 0 Å². The second-order valence-corrected chi connectivity index (χ2v) is 6.58. The summed E-state index contributed by atoms with van der Waals surface area (Å²) in [6.45, 7) is 1.74. The SMILES string of the molecule is CC(NS(=O)(=O)c1cccc(Cl)c1)c1ccccc1N. The minimum Gasteiger partial charge on any atom is -0.398 e. The Kier molecular flexibility index (Phi) is 4.32. The lowest BCUT2D eigenvalue weighted by atomic mass is 10.1. The fourth-order valence-corrected chi connectivity index (χ4v) is 3.43. The number of sulfonamides is 1. The first-order chi connectivity index (χ1) is 9.40. The van der Waals surface area contributed by atoms with Crippen molar-refractivity contribution in [1.29, 1.82) is 0 Å². The summed E-state index contributed by atoms with van der Waals surface area (Å²) in [5.41, 5.74) is 7.13. The van der Waals surface area contributed by atoms with Crippen LogP contribution in [0.5, 0.6) is 0 Å². The molecule has 3 N–H and O–H groups in total. The van der Waals surface area contributed by atoms with Crippen LogP contribution in [0.25, 0.3) is 0 Å². The minimum absolute atomic E-state index is 0.131. The van der Waals surface area contributed by atoms with Crippen molar-refractivity contribution in [2.45, 2.75) is 17.9 Å². The molecule has 0 fully saturated rings. The van der Waals surface area contributed by atoms with Crippen LogP contribution in [-0.4, -0.2) is 8.42 Å². The first-order valence-corrected chi connectivity index (χ1v) is 7.88. The van der Waals surface area contributed by atoms with E-state index in [1.807, 2.05) is 6.07 Å². The molecule has 0 aliphatic carbocycles. The molecule has 0 bridgehead atoms. The fourth-order valence-electron chi connectivity index (χ4n) is 1.90. The second kappa shape index (κ2) is 5.83. The van der Waals surface area contributed by atoms with Crippen LogP contribution in [0.2, 0.25) is 5.02 Å². The molecule has 0 aliphatic heterocycles. The molecule has 1 unspecified atom stereocenters. The molecule has 4 nitrogen and oxygen atoms in total. The summed E-state index contributed by atoms with van der Waals surface area (Å²) >= 11 is 5.82. The third-order valence-electron chi connectivity index (χ3n) is 2.90. The predicted octanol–water partition coefficient (Wildman–Crippen LogP) is 2.96. The van der Waals surface area contributed by atoms with Crippen molar-refractivity contribution in [1.82, 2.24) is 4.72 Å². The number of nitrogens with two attached hydrogens (primary N) is 1. The smallest absolute Gasteiger partial charge is 0.241 e. The van der Waals surface area contributed by atoms with E-state index in [1.165, 1.54) is 12.1 Å². The van der Waals surface area contributed by atoms with E-state index in [0.29, 0.717) is 10.7 Å². The molecule has 106 valence electrons. The molecule has 2 aromatic rings. The molecule has 0 heterocycles. The van der Waals surface area contributed by atoms with Gasteiger partial charge in [-0.2, -0.15) is 0 Å². The molecule has 1 atom stereocenters. The molecular formula is C14H15ClN2O2S. The molecule has 0 spiro atoms. The highest BCUT2D eigenvalue weighted by Gasteiger charge is 2.19. The van der Waals surface area contributed by atoms with Gasteiger partial charge in [0.1, 0.15) is 0 Å². The van der Waals surface area contributed by atoms with Crippen molar-refractivity contribution in [3.05, 3.63) is 59.1 Å². The van der Waals surface area contributed by atoms with E-state index in [9.17, 15) is 8.42 Å². The number of nitrogens with one attached hydrogen (secondary N) is 1. The molecule has 2 rings (SSSR count). The molecule has 0 radical (unpaired) electrons. The van der Waals surface area contributed by atoms with E-state index < -0.39 is 16.1 Å². The molecule has 0 saturated heterocycles. The number of hydrogen-bond donors (Lipinski definition) is 2. The zero-order valence-corrected chi connectivity index (χ0v) is 12.4. The number of hydrogen-bond acceptors (Lipinski definition) is 3. The number of nitrogen functional groups attached to an aromatic ring is 1. The van der Waals surface area contributed by atoms with Gasteiger partial charge in [0.05, 0.1) is 4.90 Å². The van der Waals surface area contributed by atoms with Crippen molar-refractivity contribution in [2.24, 2.45) is 0 Å². The summed E-state index contributed by atoms with van der Waals surface area (Å²) in [5, 5.41) is 0.375. The van der Waals surface area contributed by atoms with Gasteiger partial charge in [0.2, 0.25) is 10.0 Å². The number of halogens is 1. The third-order valence-corrected chi connectivity index (χ3v) is 4.67. The highest BCUT2D eigenvalue weighted by atomic mass is 35.5. The lowest BCUT2D eigenvalue weighted by Crippen LogP contribution is -2.27. The molecule has 0 amide bonds. The number of rotatable bonds is 4. The molecule has 0 saturated carbocycles. The Labute approximate surface area is 123 Å². The van der Waals surface area contributed by atoms with Crippen LogP contribution in [-0.2, 0) is 10.0 Å². The fraction of sp³-hybridized carbons (Fsp3) is 0.143. The van der Waals surface area contributed by atoms with Gasteiger partial charge in [-0.25, -0.2) is 13.1 Å². The summed E-state index contributed by atoms with van der Waals surface area (Å²) in [7, 11) is -3.64. The molecular weight excluding hydrogens is 296 g/mol. The average Bonchev–Trinajstić information content (AvgIpc) is 2.38. The highest BCUT2D eigenvalue weighted by molar-refractivity contribution is 7.89. The monoisotopic (exact) mass is 310 g/mol. The van der Waals surface area contributed by atoms with Crippen molar-refractivity contribution in [3.63, 3.8) is 0 Å². The number of anilines is 1. The molecule has 0 aliphatic rings. The van der Waals surface area contributed by atoms with Gasteiger partial charge in [0.15, 0.2) is 0 Å². The minimum atomic E-state index is -3.64. The standard InChI is InChI=1S/C14H15ClN2O2S/c1-10(13-7-2-3-8-14(13)16)17-20(18,19)12-6-4-5-11(15)9-12/h2-10,17H,16H2,1H3. The van der Waals surface area contributed by atoms with Crippen LogP contribution in [0.15, 0.2) is 53.4 Å². The van der Waals surface area contributed by atoms with Crippen LogP contribution in [0, 0.1) is 0 Å². The van der Waals surface area contributed by atoms with Crippen molar-refractivity contribution in [3.8, 4) is 0 Å². The lowest BCUT2D eigenvalue weighted by Gasteiger charge is -2.16. The first kappa shape index (κ1) is 14.8. The van der Waals surface area contributed by atoms with Crippen LogP contribution >= 0.6 is 11.6 Å². The van der Waals surface area contributed by atoms with Gasteiger partial charge in [-0.1, -0.05) is 35.9 Å². The lowest BCUT2D eigenvalue weighted by molar-refractivity contribution is 0.567. The number of para-hydroxylation sites is 1. The van der Waals surface area contributed by atoms with E-state index in [0.717, 1.165) is 5.56 Å². The zero-order valence-electron chi connectivity index (χ0n) is 10.9. The Morgan fingerprint density at radius 1 is 1.15 bits per heavy atom. The van der Waals surface area contributed by atoms with Crippen LogP contribution < -0.4 is 10.5 Å². The summed E-state index contributed by atoms with van der Waals surface area (Å²) in [5.74, 6) is 0. The largest absolute Gasteiger partial charge is 0.398 e. The van der Waals surface area contributed by atoms with Crippen molar-refractivity contribution in [2.75, 3.05) is 5.73 Å². The molecule has 20 heavy (non-hydrogen) atoms. The van der Waals surface area contributed by atoms with Gasteiger partial charge < -0.3 is 5.73 Å². The highest BCUT2D eigenvalue weighted by Crippen LogP contribution is 2.22. The van der Waals surface area contributed by atoms with E-state index in [2.05, 4.69) is 4.72 Å². The van der Waals surface area contributed by atoms with Gasteiger partial charge >= 0.3 is 0 Å². The van der Waals surface area contributed by atoms with E-state index in [4.69, 9.17) is 17.3 Å². The normalized spacial score (nSPS) is 13.1. The summed E-state index contributed by atoms with van der Waals surface area (Å²) < 4.78 is 27.1. The Hall–Kier alpha value is -1.56. The quantitative estimate of drug-likeness (QED) is 0.853. The Balaban J connectivity index is 2.27. The van der Waals surface area contributed by atoms with Crippen molar-refractivity contribution < 1.29 is 8.42 Å². The van der Waals surface area contributed by atoms with Gasteiger partial charge in [-0.15, -0.1) is 0 Å². The van der Waals surface area contributed by atoms with Gasteiger partial charge in [0.25, 0.3) is 0 Å². The topological polar surface area (TPSA) is 72.2 Å². The van der Waals surface area contributed by atoms with Gasteiger partial charge in [-0.3, -0.25) is 0 Å². The van der Waals surface area contributed by atoms with Crippen LogP contribution in [0.3, 0.4) is 0 Å². The molecule has 6 heteroatoms. The molecule has 2 aromatic carbocycles. The maximum absolute atomic E-state index is 12.3. The average molecular weight is 311 g/mol. The van der Waals surface area contributed by atoms with Crippen molar-refractivity contribution >= 4 is 27.3 Å². The maximum Gasteiger partial charge on any atom is 0.241 e. The zero-order chi connectivity index (χ0) is 14.8. The second-order valence-electron chi connectivity index (χ2n) is 4.43. The predicted molar refractivity (Wildman–Crippen MR) is 81.0 cm³/mol. The maximum atomic E-state index is 12.3. The Morgan fingerprint density at radius 2 is 1.85 bits per heavy atom. The Bertz CT molecular complexity index is 717. The van der Waals surface area contributed by atoms with E-state index in [-0.39, 0.29) is 4.90 Å². The summed E-state index contributed by atoms with van der Waals surface area (Å²) in [4.78, 5) is 0.131. The van der Waals surface area contributed by atoms with Crippen LogP contribution in [0.4, 0.5) is 5.69 Å². The first-order valence-electron chi connectivity index (χ1n) is 6.02. The third kappa shape index (κ3) is 3.30. The molecule has 0 aromatic heterocycles. The summed E-state index contributed by atoms with van der Waals surface area (Å²) in [6, 6.07) is 12.8. The van der Waals surface area contributed by atoms with Gasteiger partial charge in [0, 0.05) is 16.8 Å².